The number of aryl methyl sites for hydroxylation is 1. The molecule has 3 aromatic rings. The molecular weight excluding hydrogens is 488 g/mol. The summed E-state index contributed by atoms with van der Waals surface area (Å²) in [6.45, 7) is 6.75. The summed E-state index contributed by atoms with van der Waals surface area (Å²) in [4.78, 5) is 41.5. The first kappa shape index (κ1) is 26.4. The Kier molecular flexibility index (Phi) is 7.66. The topological polar surface area (TPSA) is 105 Å². The predicted octanol–water partition coefficient (Wildman–Crippen LogP) is 5.09. The first-order valence-electron chi connectivity index (χ1n) is 12.2. The normalized spacial score (nSPS) is 15.4. The average molecular weight is 519 g/mol. The molecule has 0 radical (unpaired) electrons. The molecule has 0 aromatic heterocycles. The number of hydrogen-bond acceptors (Lipinski definition) is 4. The molecular formula is C29H31ClN4O3. The van der Waals surface area contributed by atoms with Crippen LogP contribution in [0.3, 0.4) is 0 Å². The van der Waals surface area contributed by atoms with Gasteiger partial charge in [-0.1, -0.05) is 55.3 Å². The molecule has 3 amide bonds. The second-order valence-corrected chi connectivity index (χ2v) is 10.6. The first-order chi connectivity index (χ1) is 17.6. The van der Waals surface area contributed by atoms with Crippen molar-refractivity contribution in [3.63, 3.8) is 0 Å². The number of hydrogen-bond donors (Lipinski definition) is 3. The van der Waals surface area contributed by atoms with Gasteiger partial charge in [0.05, 0.1) is 23.8 Å². The SMILES string of the molecule is Cc1ccc(C2CC(=O)Nc3cc(C(=O)NCC(C)(C)CN)ccc3N2C(=O)c2ccc(Cl)cc2)cc1. The van der Waals surface area contributed by atoms with E-state index in [4.69, 9.17) is 17.3 Å². The van der Waals surface area contributed by atoms with E-state index >= 15 is 0 Å². The van der Waals surface area contributed by atoms with Crippen LogP contribution in [0.1, 0.15) is 58.2 Å². The number of fused-ring (bicyclic) bond motifs is 1. The summed E-state index contributed by atoms with van der Waals surface area (Å²) in [6, 6.07) is 18.9. The van der Waals surface area contributed by atoms with Gasteiger partial charge in [0.1, 0.15) is 0 Å². The summed E-state index contributed by atoms with van der Waals surface area (Å²) in [7, 11) is 0. The van der Waals surface area contributed by atoms with Crippen molar-refractivity contribution in [3.8, 4) is 0 Å². The molecule has 4 N–H and O–H groups in total. The van der Waals surface area contributed by atoms with Gasteiger partial charge in [-0.15, -0.1) is 0 Å². The van der Waals surface area contributed by atoms with Gasteiger partial charge in [0.15, 0.2) is 0 Å². The summed E-state index contributed by atoms with van der Waals surface area (Å²) in [5.41, 5.74) is 9.16. The Balaban J connectivity index is 1.77. The van der Waals surface area contributed by atoms with Crippen LogP contribution in [0.5, 0.6) is 0 Å². The van der Waals surface area contributed by atoms with Crippen LogP contribution in [0.15, 0.2) is 66.7 Å². The first-order valence-corrected chi connectivity index (χ1v) is 12.5. The summed E-state index contributed by atoms with van der Waals surface area (Å²) < 4.78 is 0. The zero-order chi connectivity index (χ0) is 26.7. The number of nitrogens with zero attached hydrogens (tertiary/aromatic N) is 1. The summed E-state index contributed by atoms with van der Waals surface area (Å²) >= 11 is 6.05. The Hall–Kier alpha value is -3.68. The van der Waals surface area contributed by atoms with Crippen molar-refractivity contribution in [1.29, 1.82) is 0 Å². The second kappa shape index (κ2) is 10.7. The monoisotopic (exact) mass is 518 g/mol. The highest BCUT2D eigenvalue weighted by atomic mass is 35.5. The van der Waals surface area contributed by atoms with Gasteiger partial charge in [-0.2, -0.15) is 0 Å². The molecule has 3 aromatic carbocycles. The number of benzene rings is 3. The summed E-state index contributed by atoms with van der Waals surface area (Å²) in [5, 5.41) is 6.33. The van der Waals surface area contributed by atoms with Crippen molar-refractivity contribution in [3.05, 3.63) is 94.0 Å². The van der Waals surface area contributed by atoms with Gasteiger partial charge in [-0.3, -0.25) is 19.3 Å². The van der Waals surface area contributed by atoms with Crippen LogP contribution >= 0.6 is 11.6 Å². The minimum absolute atomic E-state index is 0.0588. The Morgan fingerprint density at radius 3 is 2.35 bits per heavy atom. The van der Waals surface area contributed by atoms with Crippen LogP contribution in [-0.4, -0.2) is 30.8 Å². The Labute approximate surface area is 222 Å². The number of nitrogens with two attached hydrogens (primary N) is 1. The number of halogens is 1. The highest BCUT2D eigenvalue weighted by Crippen LogP contribution is 2.40. The quantitative estimate of drug-likeness (QED) is 0.422. The van der Waals surface area contributed by atoms with E-state index in [9.17, 15) is 14.4 Å². The minimum Gasteiger partial charge on any atom is -0.351 e. The Morgan fingerprint density at radius 1 is 1.05 bits per heavy atom. The van der Waals surface area contributed by atoms with E-state index in [1.165, 1.54) is 0 Å². The third kappa shape index (κ3) is 6.01. The molecule has 4 rings (SSSR count). The van der Waals surface area contributed by atoms with Crippen molar-refractivity contribution in [1.82, 2.24) is 5.32 Å². The Morgan fingerprint density at radius 2 is 1.70 bits per heavy atom. The number of rotatable bonds is 6. The van der Waals surface area contributed by atoms with Crippen LogP contribution in [0.2, 0.25) is 5.02 Å². The van der Waals surface area contributed by atoms with Gasteiger partial charge >= 0.3 is 0 Å². The highest BCUT2D eigenvalue weighted by Gasteiger charge is 2.34. The molecule has 192 valence electrons. The van der Waals surface area contributed by atoms with Gasteiger partial charge < -0.3 is 16.4 Å². The number of carbonyl (C=O) groups excluding carboxylic acids is 3. The highest BCUT2D eigenvalue weighted by molar-refractivity contribution is 6.30. The third-order valence-electron chi connectivity index (χ3n) is 6.53. The molecule has 0 saturated heterocycles. The molecule has 1 atom stereocenters. The maximum Gasteiger partial charge on any atom is 0.258 e. The molecule has 0 spiro atoms. The van der Waals surface area contributed by atoms with Crippen molar-refractivity contribution >= 4 is 40.7 Å². The van der Waals surface area contributed by atoms with E-state index in [1.54, 1.807) is 47.4 Å². The van der Waals surface area contributed by atoms with Gasteiger partial charge in [0, 0.05) is 22.7 Å². The number of nitrogens with one attached hydrogen (secondary N) is 2. The molecule has 0 saturated carbocycles. The molecule has 1 unspecified atom stereocenters. The van der Waals surface area contributed by atoms with Crippen LogP contribution < -0.4 is 21.3 Å². The molecule has 1 aliphatic heterocycles. The van der Waals surface area contributed by atoms with Crippen LogP contribution in [0.25, 0.3) is 0 Å². The fourth-order valence-corrected chi connectivity index (χ4v) is 4.28. The van der Waals surface area contributed by atoms with E-state index in [2.05, 4.69) is 10.6 Å². The van der Waals surface area contributed by atoms with E-state index < -0.39 is 6.04 Å². The fraction of sp³-hybridized carbons (Fsp3) is 0.276. The van der Waals surface area contributed by atoms with E-state index in [0.717, 1.165) is 11.1 Å². The molecule has 1 heterocycles. The lowest BCUT2D eigenvalue weighted by atomic mass is 9.94. The molecule has 37 heavy (non-hydrogen) atoms. The van der Waals surface area contributed by atoms with E-state index in [-0.39, 0.29) is 29.6 Å². The van der Waals surface area contributed by atoms with Crippen molar-refractivity contribution < 1.29 is 14.4 Å². The zero-order valence-electron chi connectivity index (χ0n) is 21.2. The average Bonchev–Trinajstić information content (AvgIpc) is 3.03. The molecule has 7 nitrogen and oxygen atoms in total. The number of anilines is 2. The van der Waals surface area contributed by atoms with Crippen molar-refractivity contribution in [2.45, 2.75) is 33.2 Å². The van der Waals surface area contributed by atoms with E-state index in [0.29, 0.717) is 40.6 Å². The summed E-state index contributed by atoms with van der Waals surface area (Å²) in [5.74, 6) is -0.810. The Bertz CT molecular complexity index is 1320. The van der Waals surface area contributed by atoms with Crippen LogP contribution in [0, 0.1) is 12.3 Å². The van der Waals surface area contributed by atoms with Gasteiger partial charge in [0.2, 0.25) is 5.91 Å². The van der Waals surface area contributed by atoms with Gasteiger partial charge in [-0.25, -0.2) is 0 Å². The van der Waals surface area contributed by atoms with Crippen LogP contribution in [0.4, 0.5) is 11.4 Å². The number of amides is 3. The molecule has 0 bridgehead atoms. The lowest BCUT2D eigenvalue weighted by Crippen LogP contribution is -2.38. The maximum absolute atomic E-state index is 13.9. The van der Waals surface area contributed by atoms with Gasteiger partial charge in [0.25, 0.3) is 11.8 Å². The molecule has 8 heteroatoms. The number of carbonyl (C=O) groups is 3. The van der Waals surface area contributed by atoms with Gasteiger partial charge in [-0.05, 0) is 66.9 Å². The predicted molar refractivity (Wildman–Crippen MR) is 147 cm³/mol. The second-order valence-electron chi connectivity index (χ2n) is 10.1. The molecule has 0 aliphatic carbocycles. The van der Waals surface area contributed by atoms with E-state index in [1.807, 2.05) is 45.0 Å². The zero-order valence-corrected chi connectivity index (χ0v) is 21.9. The smallest absolute Gasteiger partial charge is 0.258 e. The minimum atomic E-state index is -0.546. The largest absolute Gasteiger partial charge is 0.351 e. The third-order valence-corrected chi connectivity index (χ3v) is 6.79. The standard InChI is InChI=1S/C29H31ClN4O3/c1-18-4-6-19(7-5-18)25-15-26(35)33-23-14-21(27(36)32-17-29(2,3)16-31)10-13-24(23)34(25)28(37)20-8-11-22(30)12-9-20/h4-14,25H,15-17,31H2,1-3H3,(H,32,36)(H,33,35). The van der Waals surface area contributed by atoms with Crippen LogP contribution in [-0.2, 0) is 4.79 Å². The summed E-state index contributed by atoms with van der Waals surface area (Å²) in [6.07, 6.45) is 0.0588. The fourth-order valence-electron chi connectivity index (χ4n) is 4.16. The molecule has 0 fully saturated rings. The van der Waals surface area contributed by atoms with Crippen molar-refractivity contribution in [2.24, 2.45) is 11.1 Å². The molecule has 1 aliphatic rings. The lowest BCUT2D eigenvalue weighted by Gasteiger charge is -2.31. The maximum atomic E-state index is 13.9. The van der Waals surface area contributed by atoms with Crippen molar-refractivity contribution in [2.75, 3.05) is 23.3 Å². The lowest BCUT2D eigenvalue weighted by molar-refractivity contribution is -0.116.